The summed E-state index contributed by atoms with van der Waals surface area (Å²) in [4.78, 5) is 30.4. The highest BCUT2D eigenvalue weighted by Crippen LogP contribution is 2.41. The van der Waals surface area contributed by atoms with E-state index in [1.807, 2.05) is 24.3 Å². The van der Waals surface area contributed by atoms with Crippen LogP contribution in [0, 0.1) is 0 Å². The molecule has 0 saturated carbocycles. The molecule has 0 aliphatic carbocycles. The number of methoxy groups -OCH3 is 1. The number of ether oxygens (including phenoxy) is 2. The Bertz CT molecular complexity index is 1180. The maximum Gasteiger partial charge on any atom is 0.295 e. The Hall–Kier alpha value is -3.36. The lowest BCUT2D eigenvalue weighted by Crippen LogP contribution is -2.39. The van der Waals surface area contributed by atoms with Gasteiger partial charge in [-0.15, -0.1) is 0 Å². The Morgan fingerprint density at radius 1 is 1.05 bits per heavy atom. The number of carbonyl (C=O) groups is 2. The molecule has 0 spiro atoms. The number of aromatic hydroxyl groups is 1. The van der Waals surface area contributed by atoms with Gasteiger partial charge in [-0.1, -0.05) is 45.0 Å². The summed E-state index contributed by atoms with van der Waals surface area (Å²) in [6, 6.07) is 11.5. The number of carbonyl (C=O) groups excluding carboxylic acids is 2. The number of amides is 1. The van der Waals surface area contributed by atoms with Crippen LogP contribution in [0.2, 0.25) is 0 Å². The van der Waals surface area contributed by atoms with E-state index < -0.39 is 23.5 Å². The van der Waals surface area contributed by atoms with E-state index in [1.54, 1.807) is 11.0 Å². The molecule has 2 aliphatic rings. The van der Waals surface area contributed by atoms with Gasteiger partial charge in [-0.25, -0.2) is 0 Å². The summed E-state index contributed by atoms with van der Waals surface area (Å²) in [5, 5.41) is 21.8. The van der Waals surface area contributed by atoms with Crippen molar-refractivity contribution < 1.29 is 29.3 Å². The third kappa shape index (κ3) is 5.65. The van der Waals surface area contributed by atoms with Gasteiger partial charge in [0.15, 0.2) is 0 Å². The van der Waals surface area contributed by atoms with Crippen molar-refractivity contribution in [2.75, 3.05) is 46.5 Å². The Morgan fingerprint density at radius 2 is 1.73 bits per heavy atom. The molecule has 2 heterocycles. The van der Waals surface area contributed by atoms with Gasteiger partial charge in [0.2, 0.25) is 0 Å². The fraction of sp³-hybridized carbons (Fsp3) is 0.448. The number of likely N-dealkylation sites (tertiary alicyclic amines) is 1. The minimum Gasteiger partial charge on any atom is -0.507 e. The second-order valence-corrected chi connectivity index (χ2v) is 10.6. The third-order valence-electron chi connectivity index (χ3n) is 7.07. The molecular weight excluding hydrogens is 472 g/mol. The van der Waals surface area contributed by atoms with E-state index in [2.05, 4.69) is 25.7 Å². The van der Waals surface area contributed by atoms with Crippen molar-refractivity contribution in [3.05, 3.63) is 64.7 Å². The molecule has 1 unspecified atom stereocenters. The van der Waals surface area contributed by atoms with Crippen LogP contribution in [0.3, 0.4) is 0 Å². The maximum atomic E-state index is 13.3. The molecule has 198 valence electrons. The summed E-state index contributed by atoms with van der Waals surface area (Å²) in [6.45, 7) is 10.6. The molecule has 2 saturated heterocycles. The zero-order valence-electron chi connectivity index (χ0n) is 22.0. The Morgan fingerprint density at radius 3 is 2.32 bits per heavy atom. The average Bonchev–Trinajstić information content (AvgIpc) is 3.13. The number of phenolic OH excluding ortho intramolecular Hbond substituents is 1. The van der Waals surface area contributed by atoms with E-state index in [0.29, 0.717) is 31.9 Å². The lowest BCUT2D eigenvalue weighted by Gasteiger charge is -2.29. The second kappa shape index (κ2) is 10.9. The van der Waals surface area contributed by atoms with Crippen LogP contribution in [0.1, 0.15) is 49.9 Å². The minimum atomic E-state index is -0.764. The van der Waals surface area contributed by atoms with Crippen LogP contribution in [0.5, 0.6) is 11.5 Å². The smallest absolute Gasteiger partial charge is 0.295 e. The predicted molar refractivity (Wildman–Crippen MR) is 141 cm³/mol. The molecule has 2 N–H and O–H groups in total. The molecular formula is C29H36N2O6. The molecule has 0 radical (unpaired) electrons. The standard InChI is InChI=1S/C29H36N2O6/c1-29(2,3)20-8-6-19(7-9-20)25-24(26(33)22-11-10-21(36-4)18-23(22)32)27(34)28(35)31(25)13-5-12-30-14-16-37-17-15-30/h6-11,18,25,32-33H,5,12-17H2,1-4H3/b26-24+. The van der Waals surface area contributed by atoms with Gasteiger partial charge in [0.05, 0.1) is 37.5 Å². The topological polar surface area (TPSA) is 99.5 Å². The molecule has 2 fully saturated rings. The van der Waals surface area contributed by atoms with Gasteiger partial charge in [-0.05, 0) is 35.1 Å². The van der Waals surface area contributed by atoms with E-state index in [9.17, 15) is 19.8 Å². The molecule has 8 nitrogen and oxygen atoms in total. The highest BCUT2D eigenvalue weighted by molar-refractivity contribution is 6.46. The van der Waals surface area contributed by atoms with Gasteiger partial charge in [0, 0.05) is 32.2 Å². The van der Waals surface area contributed by atoms with Crippen molar-refractivity contribution in [2.24, 2.45) is 0 Å². The van der Waals surface area contributed by atoms with E-state index >= 15 is 0 Å². The normalized spacial score (nSPS) is 20.4. The fourth-order valence-corrected chi connectivity index (χ4v) is 4.90. The van der Waals surface area contributed by atoms with Gasteiger partial charge < -0.3 is 24.6 Å². The van der Waals surface area contributed by atoms with E-state index in [0.717, 1.165) is 30.8 Å². The average molecular weight is 509 g/mol. The number of ketones is 1. The number of phenols is 1. The van der Waals surface area contributed by atoms with Crippen molar-refractivity contribution in [3.8, 4) is 11.5 Å². The number of benzene rings is 2. The van der Waals surface area contributed by atoms with Crippen molar-refractivity contribution >= 4 is 17.4 Å². The van der Waals surface area contributed by atoms with Gasteiger partial charge in [0.1, 0.15) is 17.3 Å². The molecule has 2 aliphatic heterocycles. The molecule has 0 aromatic heterocycles. The predicted octanol–water partition coefficient (Wildman–Crippen LogP) is 3.84. The lowest BCUT2D eigenvalue weighted by atomic mass is 9.85. The lowest BCUT2D eigenvalue weighted by molar-refractivity contribution is -0.140. The van der Waals surface area contributed by atoms with Gasteiger partial charge in [-0.3, -0.25) is 14.5 Å². The fourth-order valence-electron chi connectivity index (χ4n) is 4.90. The number of aliphatic hydroxyl groups excluding tert-OH is 1. The first-order chi connectivity index (χ1) is 17.6. The summed E-state index contributed by atoms with van der Waals surface area (Å²) in [6.07, 6.45) is 0.678. The van der Waals surface area contributed by atoms with Crippen molar-refractivity contribution in [3.63, 3.8) is 0 Å². The summed E-state index contributed by atoms with van der Waals surface area (Å²) in [5.74, 6) is -1.64. The summed E-state index contributed by atoms with van der Waals surface area (Å²) >= 11 is 0. The molecule has 8 heteroatoms. The summed E-state index contributed by atoms with van der Waals surface area (Å²) in [7, 11) is 1.47. The maximum absolute atomic E-state index is 13.3. The van der Waals surface area contributed by atoms with E-state index in [1.165, 1.54) is 19.2 Å². The monoisotopic (exact) mass is 508 g/mol. The van der Waals surface area contributed by atoms with Crippen LogP contribution >= 0.6 is 0 Å². The molecule has 0 bridgehead atoms. The largest absolute Gasteiger partial charge is 0.507 e. The van der Waals surface area contributed by atoms with Crippen molar-refractivity contribution in [1.29, 1.82) is 0 Å². The zero-order chi connectivity index (χ0) is 26.7. The van der Waals surface area contributed by atoms with Crippen LogP contribution in [0.4, 0.5) is 0 Å². The van der Waals surface area contributed by atoms with Crippen LogP contribution in [-0.4, -0.2) is 78.2 Å². The highest BCUT2D eigenvalue weighted by atomic mass is 16.5. The minimum absolute atomic E-state index is 0.0275. The first-order valence-electron chi connectivity index (χ1n) is 12.7. The molecule has 4 rings (SSSR count). The third-order valence-corrected chi connectivity index (χ3v) is 7.07. The second-order valence-electron chi connectivity index (χ2n) is 10.6. The van der Waals surface area contributed by atoms with Gasteiger partial charge in [0.25, 0.3) is 11.7 Å². The van der Waals surface area contributed by atoms with Crippen LogP contribution in [0.15, 0.2) is 48.0 Å². The molecule has 37 heavy (non-hydrogen) atoms. The molecule has 1 amide bonds. The number of rotatable bonds is 7. The van der Waals surface area contributed by atoms with Crippen molar-refractivity contribution in [1.82, 2.24) is 9.80 Å². The van der Waals surface area contributed by atoms with E-state index in [-0.39, 0.29) is 22.3 Å². The summed E-state index contributed by atoms with van der Waals surface area (Å²) in [5.41, 5.74) is 1.83. The van der Waals surface area contributed by atoms with Crippen LogP contribution in [0.25, 0.3) is 5.76 Å². The number of nitrogens with zero attached hydrogens (tertiary/aromatic N) is 2. The SMILES string of the molecule is COc1ccc(/C(O)=C2\C(=O)C(=O)N(CCCN3CCOCC3)C2c2ccc(C(C)(C)C)cc2)c(O)c1. The Balaban J connectivity index is 1.72. The quantitative estimate of drug-likeness (QED) is 0.333. The van der Waals surface area contributed by atoms with Crippen LogP contribution < -0.4 is 4.74 Å². The van der Waals surface area contributed by atoms with E-state index in [4.69, 9.17) is 9.47 Å². The molecule has 2 aromatic carbocycles. The number of hydrogen-bond donors (Lipinski definition) is 2. The zero-order valence-corrected chi connectivity index (χ0v) is 22.0. The molecule has 1 atom stereocenters. The first kappa shape index (κ1) is 26.7. The highest BCUT2D eigenvalue weighted by Gasteiger charge is 2.46. The number of aliphatic hydroxyl groups is 1. The van der Waals surface area contributed by atoms with Gasteiger partial charge >= 0.3 is 0 Å². The first-order valence-corrected chi connectivity index (χ1v) is 12.7. The van der Waals surface area contributed by atoms with Crippen molar-refractivity contribution in [2.45, 2.75) is 38.6 Å². The Labute approximate surface area is 218 Å². The van der Waals surface area contributed by atoms with Gasteiger partial charge in [-0.2, -0.15) is 0 Å². The molecule has 2 aromatic rings. The van der Waals surface area contributed by atoms with Crippen LogP contribution in [-0.2, 0) is 19.7 Å². The summed E-state index contributed by atoms with van der Waals surface area (Å²) < 4.78 is 10.5. The number of hydrogen-bond acceptors (Lipinski definition) is 7. The Kier molecular flexibility index (Phi) is 7.90. The number of Topliss-reactive ketones (excluding diaryl/α,β-unsaturated/α-hetero) is 1. The number of morpholine rings is 1.